The molecule has 0 aliphatic heterocycles. The van der Waals surface area contributed by atoms with E-state index in [1.54, 1.807) is 24.3 Å². The summed E-state index contributed by atoms with van der Waals surface area (Å²) >= 11 is 0. The number of nitrogens with one attached hydrogen (secondary N) is 1. The summed E-state index contributed by atoms with van der Waals surface area (Å²) in [6, 6.07) is 8.95. The van der Waals surface area contributed by atoms with Gasteiger partial charge in [0, 0.05) is 12.1 Å². The summed E-state index contributed by atoms with van der Waals surface area (Å²) in [5.41, 5.74) is 6.88. The van der Waals surface area contributed by atoms with Crippen molar-refractivity contribution in [1.82, 2.24) is 0 Å². The first-order valence-corrected chi connectivity index (χ1v) is 6.55. The normalized spacial score (nSPS) is 11.9. The first kappa shape index (κ1) is 15.2. The van der Waals surface area contributed by atoms with Crippen molar-refractivity contribution in [2.75, 3.05) is 11.9 Å². The number of rotatable bonds is 6. The molecule has 0 radical (unpaired) electrons. The van der Waals surface area contributed by atoms with Crippen molar-refractivity contribution in [2.24, 2.45) is 17.6 Å². The summed E-state index contributed by atoms with van der Waals surface area (Å²) < 4.78 is 0. The minimum Gasteiger partial charge on any atom is -0.330 e. The van der Waals surface area contributed by atoms with Gasteiger partial charge in [-0.3, -0.25) is 4.79 Å². The molecule has 102 valence electrons. The highest BCUT2D eigenvalue weighted by molar-refractivity contribution is 5.91. The molecule has 0 heterocycles. The molecule has 1 unspecified atom stereocenters. The van der Waals surface area contributed by atoms with Crippen LogP contribution in [0.4, 0.5) is 5.69 Å². The van der Waals surface area contributed by atoms with Gasteiger partial charge in [-0.15, -0.1) is 0 Å². The first-order valence-electron chi connectivity index (χ1n) is 6.55. The molecule has 0 aliphatic carbocycles. The number of carbonyl (C=O) groups excluding carboxylic acids is 1. The topological polar surface area (TPSA) is 78.9 Å². The predicted octanol–water partition coefficient (Wildman–Crippen LogP) is 2.51. The molecule has 0 bridgehead atoms. The minimum atomic E-state index is -0.0498. The molecule has 0 saturated heterocycles. The molecule has 0 fully saturated rings. The number of hydrogen-bond acceptors (Lipinski definition) is 3. The second kappa shape index (κ2) is 7.55. The van der Waals surface area contributed by atoms with Crippen LogP contribution in [-0.2, 0) is 4.79 Å². The lowest BCUT2D eigenvalue weighted by Crippen LogP contribution is -2.23. The van der Waals surface area contributed by atoms with Crippen LogP contribution in [0.15, 0.2) is 24.3 Å². The standard InChI is InChI=1S/C15H21N3O/c1-11(2)6-13(10-17)8-15(19)18-14-5-3-4-12(7-14)9-16/h3-5,7,11,13H,6,8,10,17H2,1-2H3,(H,18,19). The van der Waals surface area contributed by atoms with Gasteiger partial charge in [0.05, 0.1) is 11.6 Å². The SMILES string of the molecule is CC(C)CC(CN)CC(=O)Nc1cccc(C#N)c1. The van der Waals surface area contributed by atoms with Gasteiger partial charge in [-0.05, 0) is 43.0 Å². The third kappa shape index (κ3) is 5.54. The average Bonchev–Trinajstić information content (AvgIpc) is 2.37. The summed E-state index contributed by atoms with van der Waals surface area (Å²) in [5, 5.41) is 11.6. The second-order valence-electron chi connectivity index (χ2n) is 5.18. The molecule has 0 spiro atoms. The predicted molar refractivity (Wildman–Crippen MR) is 76.4 cm³/mol. The number of benzene rings is 1. The van der Waals surface area contributed by atoms with Gasteiger partial charge in [-0.2, -0.15) is 5.26 Å². The van der Waals surface area contributed by atoms with E-state index in [0.29, 0.717) is 30.1 Å². The van der Waals surface area contributed by atoms with Crippen LogP contribution < -0.4 is 11.1 Å². The van der Waals surface area contributed by atoms with Crippen LogP contribution in [0.2, 0.25) is 0 Å². The van der Waals surface area contributed by atoms with Crippen LogP contribution >= 0.6 is 0 Å². The molecule has 1 amide bonds. The smallest absolute Gasteiger partial charge is 0.224 e. The molecule has 0 aliphatic rings. The van der Waals surface area contributed by atoms with Gasteiger partial charge in [0.2, 0.25) is 5.91 Å². The Labute approximate surface area is 114 Å². The van der Waals surface area contributed by atoms with Gasteiger partial charge < -0.3 is 11.1 Å². The Morgan fingerprint density at radius 3 is 2.79 bits per heavy atom. The van der Waals surface area contributed by atoms with Crippen LogP contribution in [0.25, 0.3) is 0 Å². The highest BCUT2D eigenvalue weighted by atomic mass is 16.1. The van der Waals surface area contributed by atoms with Crippen molar-refractivity contribution in [3.8, 4) is 6.07 Å². The van der Waals surface area contributed by atoms with Gasteiger partial charge in [0.1, 0.15) is 0 Å². The van der Waals surface area contributed by atoms with E-state index in [2.05, 4.69) is 19.2 Å². The van der Waals surface area contributed by atoms with Crippen molar-refractivity contribution < 1.29 is 4.79 Å². The van der Waals surface area contributed by atoms with Crippen LogP contribution in [0, 0.1) is 23.2 Å². The van der Waals surface area contributed by atoms with Gasteiger partial charge in [-0.1, -0.05) is 19.9 Å². The average molecular weight is 259 g/mol. The van der Waals surface area contributed by atoms with Crippen LogP contribution in [0.3, 0.4) is 0 Å². The van der Waals surface area contributed by atoms with E-state index in [1.807, 2.05) is 6.07 Å². The van der Waals surface area contributed by atoms with Gasteiger partial charge in [0.15, 0.2) is 0 Å². The maximum absolute atomic E-state index is 11.9. The molecule has 4 heteroatoms. The van der Waals surface area contributed by atoms with Crippen molar-refractivity contribution in [3.63, 3.8) is 0 Å². The first-order chi connectivity index (χ1) is 9.05. The third-order valence-corrected chi connectivity index (χ3v) is 2.89. The number of carbonyl (C=O) groups is 1. The van der Waals surface area contributed by atoms with E-state index >= 15 is 0 Å². The highest BCUT2D eigenvalue weighted by Gasteiger charge is 2.14. The number of nitriles is 1. The molecule has 1 atom stereocenters. The zero-order chi connectivity index (χ0) is 14.3. The van der Waals surface area contributed by atoms with E-state index in [1.165, 1.54) is 0 Å². The van der Waals surface area contributed by atoms with Gasteiger partial charge in [0.25, 0.3) is 0 Å². The zero-order valence-electron chi connectivity index (χ0n) is 11.5. The molecule has 0 saturated carbocycles. The Kier molecular flexibility index (Phi) is 6.04. The molecule has 0 aromatic heterocycles. The Morgan fingerprint density at radius 1 is 1.47 bits per heavy atom. The van der Waals surface area contributed by atoms with E-state index in [4.69, 9.17) is 11.0 Å². The molecule has 4 nitrogen and oxygen atoms in total. The number of nitrogens with zero attached hydrogens (tertiary/aromatic N) is 1. The Bertz CT molecular complexity index is 463. The monoisotopic (exact) mass is 259 g/mol. The lowest BCUT2D eigenvalue weighted by Gasteiger charge is -2.16. The fraction of sp³-hybridized carbons (Fsp3) is 0.467. The molecule has 1 aromatic rings. The van der Waals surface area contributed by atoms with Crippen LogP contribution in [0.5, 0.6) is 0 Å². The maximum atomic E-state index is 11.9. The number of amides is 1. The van der Waals surface area contributed by atoms with Crippen LogP contribution in [0.1, 0.15) is 32.3 Å². The molecule has 1 aromatic carbocycles. The molecule has 3 N–H and O–H groups in total. The van der Waals surface area contributed by atoms with E-state index in [0.717, 1.165) is 6.42 Å². The highest BCUT2D eigenvalue weighted by Crippen LogP contribution is 2.16. The van der Waals surface area contributed by atoms with Crippen molar-refractivity contribution in [3.05, 3.63) is 29.8 Å². The fourth-order valence-electron chi connectivity index (χ4n) is 2.07. The minimum absolute atomic E-state index is 0.0498. The Hall–Kier alpha value is -1.86. The summed E-state index contributed by atoms with van der Waals surface area (Å²) in [6.07, 6.45) is 1.37. The Morgan fingerprint density at radius 2 is 2.21 bits per heavy atom. The summed E-state index contributed by atoms with van der Waals surface area (Å²) in [6.45, 7) is 4.76. The molecular formula is C15H21N3O. The van der Waals surface area contributed by atoms with E-state index in [9.17, 15) is 4.79 Å². The molecular weight excluding hydrogens is 238 g/mol. The van der Waals surface area contributed by atoms with Gasteiger partial charge in [-0.25, -0.2) is 0 Å². The molecule has 19 heavy (non-hydrogen) atoms. The van der Waals surface area contributed by atoms with Crippen molar-refractivity contribution >= 4 is 11.6 Å². The lowest BCUT2D eigenvalue weighted by atomic mass is 9.94. The zero-order valence-corrected chi connectivity index (χ0v) is 11.5. The van der Waals surface area contributed by atoms with E-state index in [-0.39, 0.29) is 11.8 Å². The van der Waals surface area contributed by atoms with Crippen molar-refractivity contribution in [2.45, 2.75) is 26.7 Å². The lowest BCUT2D eigenvalue weighted by molar-refractivity contribution is -0.117. The quantitative estimate of drug-likeness (QED) is 0.823. The second-order valence-corrected chi connectivity index (χ2v) is 5.18. The largest absolute Gasteiger partial charge is 0.330 e. The van der Waals surface area contributed by atoms with Crippen LogP contribution in [-0.4, -0.2) is 12.5 Å². The fourth-order valence-corrected chi connectivity index (χ4v) is 2.07. The van der Waals surface area contributed by atoms with Gasteiger partial charge >= 0.3 is 0 Å². The maximum Gasteiger partial charge on any atom is 0.224 e. The number of nitrogens with two attached hydrogens (primary N) is 1. The summed E-state index contributed by atoms with van der Waals surface area (Å²) in [7, 11) is 0. The summed E-state index contributed by atoms with van der Waals surface area (Å²) in [4.78, 5) is 11.9. The summed E-state index contributed by atoms with van der Waals surface area (Å²) in [5.74, 6) is 0.689. The Balaban J connectivity index is 2.56. The van der Waals surface area contributed by atoms with Crippen molar-refractivity contribution in [1.29, 1.82) is 5.26 Å². The van der Waals surface area contributed by atoms with E-state index < -0.39 is 0 Å². The molecule has 1 rings (SSSR count). The number of hydrogen-bond donors (Lipinski definition) is 2. The third-order valence-electron chi connectivity index (χ3n) is 2.89. The number of anilines is 1.